The van der Waals surface area contributed by atoms with Gasteiger partial charge in [-0.2, -0.15) is 14.6 Å². The first kappa shape index (κ1) is 29.9. The number of amides is 1. The molecule has 1 saturated heterocycles. The number of nitrogens with one attached hydrogen (secondary N) is 1. The molecule has 232 valence electrons. The molecule has 17 nitrogen and oxygen atoms in total. The SMILES string of the molecule is CC(C)(O/N=C(\C(=O)C[C@@H]1C(=O)N2C(c3nn[nH]n3)=C(C[n+]3ccc4cc(O)c(O)cc4c3)CS[C@H]12)c1nsc(N)n1)C(=O)O. The number of aromatic nitrogens is 7. The number of hydrogen-bond donors (Lipinski definition) is 5. The summed E-state index contributed by atoms with van der Waals surface area (Å²) in [5, 5.41) is 48.3. The number of aromatic amines is 1. The number of Topliss-reactive ketones (excluding diaryl/α,β-unsaturated/α-hetero) is 1. The molecule has 5 heterocycles. The molecule has 0 radical (unpaired) electrons. The number of ketones is 1. The molecule has 6 N–H and O–H groups in total. The number of anilines is 1. The van der Waals surface area contributed by atoms with Crippen molar-refractivity contribution in [1.29, 1.82) is 0 Å². The highest BCUT2D eigenvalue weighted by Crippen LogP contribution is 2.47. The minimum absolute atomic E-state index is 0.0679. The van der Waals surface area contributed by atoms with Crippen LogP contribution < -0.4 is 10.3 Å². The van der Waals surface area contributed by atoms with Gasteiger partial charge in [0.25, 0.3) is 0 Å². The average Bonchev–Trinajstić information content (AvgIpc) is 3.69. The number of tetrazole rings is 1. The molecule has 3 aromatic heterocycles. The Balaban J connectivity index is 1.26. The summed E-state index contributed by atoms with van der Waals surface area (Å²) >= 11 is 2.29. The van der Waals surface area contributed by atoms with E-state index in [0.717, 1.165) is 22.5 Å². The molecule has 1 aromatic carbocycles. The molecule has 0 bridgehead atoms. The van der Waals surface area contributed by atoms with Gasteiger partial charge in [-0.3, -0.25) is 14.5 Å². The summed E-state index contributed by atoms with van der Waals surface area (Å²) in [6.45, 7) is 2.88. The number of fused-ring (bicyclic) bond motifs is 2. The Morgan fingerprint density at radius 3 is 2.69 bits per heavy atom. The lowest BCUT2D eigenvalue weighted by Gasteiger charge is -2.49. The fraction of sp³-hybridized carbons (Fsp3) is 0.308. The molecule has 0 unspecified atom stereocenters. The number of carboxylic acid groups (broad SMARTS) is 1. The van der Waals surface area contributed by atoms with E-state index in [4.69, 9.17) is 10.6 Å². The fourth-order valence-electron chi connectivity index (χ4n) is 4.84. The predicted octanol–water partition coefficient (Wildman–Crippen LogP) is 0.671. The van der Waals surface area contributed by atoms with Crippen molar-refractivity contribution in [3.05, 3.63) is 47.8 Å². The second kappa shape index (κ2) is 11.4. The Bertz CT molecular complexity index is 1910. The van der Waals surface area contributed by atoms with Gasteiger partial charge in [0.2, 0.25) is 23.2 Å². The summed E-state index contributed by atoms with van der Waals surface area (Å²) in [5.41, 5.74) is 4.89. The summed E-state index contributed by atoms with van der Waals surface area (Å²) in [6, 6.07) is 4.72. The maximum absolute atomic E-state index is 13.6. The molecule has 2 atom stereocenters. The molecule has 1 fully saturated rings. The number of H-pyrrole nitrogens is 1. The third-order valence-electron chi connectivity index (χ3n) is 7.22. The maximum atomic E-state index is 13.6. The molecule has 45 heavy (non-hydrogen) atoms. The van der Waals surface area contributed by atoms with E-state index in [1.165, 1.54) is 42.6 Å². The molecule has 6 rings (SSSR count). The van der Waals surface area contributed by atoms with Crippen LogP contribution in [-0.4, -0.2) is 90.3 Å². The number of carbonyl (C=O) groups is 3. The topological polar surface area (TPSA) is 247 Å². The van der Waals surface area contributed by atoms with E-state index >= 15 is 0 Å². The Kier molecular flexibility index (Phi) is 7.57. The summed E-state index contributed by atoms with van der Waals surface area (Å²) in [4.78, 5) is 49.3. The van der Waals surface area contributed by atoms with Crippen molar-refractivity contribution < 1.29 is 39.1 Å². The van der Waals surface area contributed by atoms with E-state index in [2.05, 4.69) is 35.1 Å². The van der Waals surface area contributed by atoms with Crippen molar-refractivity contribution in [2.45, 2.75) is 37.8 Å². The molecule has 2 aliphatic heterocycles. The van der Waals surface area contributed by atoms with E-state index in [-0.39, 0.29) is 46.3 Å². The number of nitrogen functional groups attached to an aromatic ring is 1. The van der Waals surface area contributed by atoms with E-state index in [1.807, 2.05) is 10.8 Å². The van der Waals surface area contributed by atoms with E-state index in [0.29, 0.717) is 23.4 Å². The Morgan fingerprint density at radius 1 is 1.27 bits per heavy atom. The number of nitrogens with zero attached hydrogens (tertiary/aromatic N) is 8. The third-order valence-corrected chi connectivity index (χ3v) is 9.16. The number of phenolic OH excluding ortho intramolecular Hbond substituents is 2. The van der Waals surface area contributed by atoms with Crippen LogP contribution in [0, 0.1) is 5.92 Å². The van der Waals surface area contributed by atoms with E-state index in [9.17, 15) is 29.7 Å². The van der Waals surface area contributed by atoms with Crippen molar-refractivity contribution >= 4 is 68.3 Å². The number of carboxylic acids is 1. The molecular weight excluding hydrogens is 628 g/mol. The number of β-lactam (4-membered cyclic amide) rings is 1. The van der Waals surface area contributed by atoms with Gasteiger partial charge >= 0.3 is 5.97 Å². The smallest absolute Gasteiger partial charge is 0.350 e. The lowest BCUT2D eigenvalue weighted by molar-refractivity contribution is -0.687. The highest BCUT2D eigenvalue weighted by atomic mass is 32.2. The van der Waals surface area contributed by atoms with E-state index < -0.39 is 28.6 Å². The zero-order valence-electron chi connectivity index (χ0n) is 23.6. The molecule has 19 heteroatoms. The number of rotatable bonds is 10. The standard InChI is InChI=1S/C26H24N10O7S2/c1-26(2,24(41)42)43-31-18(20-28-25(27)45-32-20)17(39)7-14-22(40)36-19(21-29-33-34-30-21)13(10-44-23(14)36)9-35-4-3-11-5-15(37)16(38)6-12(11)8-35/h3-6,8,14,23H,7,9-10H2,1-2H3,(H5,27,28,29,30,32,33,34,38,41,42)/p+1/b31-18+/t14-,23-/m1/s1. The minimum atomic E-state index is -1.75. The Morgan fingerprint density at radius 2 is 2.02 bits per heavy atom. The predicted molar refractivity (Wildman–Crippen MR) is 158 cm³/mol. The highest BCUT2D eigenvalue weighted by Gasteiger charge is 2.54. The van der Waals surface area contributed by atoms with Crippen molar-refractivity contribution in [3.8, 4) is 11.5 Å². The number of aromatic hydroxyl groups is 2. The number of aliphatic carboxylic acids is 1. The third kappa shape index (κ3) is 5.62. The van der Waals surface area contributed by atoms with Crippen LogP contribution in [0.1, 0.15) is 31.9 Å². The molecule has 2 aliphatic rings. The van der Waals surface area contributed by atoms with Crippen LogP contribution in [0.3, 0.4) is 0 Å². The van der Waals surface area contributed by atoms with Gasteiger partial charge in [0.15, 0.2) is 47.1 Å². The first-order valence-electron chi connectivity index (χ1n) is 13.3. The summed E-state index contributed by atoms with van der Waals surface area (Å²) in [5.74, 6) is -2.93. The van der Waals surface area contributed by atoms with Gasteiger partial charge in [0, 0.05) is 40.7 Å². The summed E-state index contributed by atoms with van der Waals surface area (Å²) in [6.07, 6.45) is 3.34. The molecular formula is C26H25N10O7S2+. The van der Waals surface area contributed by atoms with Crippen LogP contribution >= 0.6 is 23.3 Å². The number of phenols is 2. The number of pyridine rings is 1. The number of nitrogens with two attached hydrogens (primary N) is 1. The average molecular weight is 654 g/mol. The number of carbonyl (C=O) groups excluding carboxylic acids is 2. The van der Waals surface area contributed by atoms with Crippen molar-refractivity contribution in [2.24, 2.45) is 11.1 Å². The van der Waals surface area contributed by atoms with Gasteiger partial charge in [0.05, 0.1) is 17.0 Å². The second-order valence-corrected chi connectivity index (χ2v) is 12.6. The van der Waals surface area contributed by atoms with Gasteiger partial charge in [-0.25, -0.2) is 9.36 Å². The van der Waals surface area contributed by atoms with Crippen LogP contribution in [0.15, 0.2) is 41.3 Å². The first-order chi connectivity index (χ1) is 21.4. The van der Waals surface area contributed by atoms with Crippen LogP contribution in [0.4, 0.5) is 5.13 Å². The molecule has 0 saturated carbocycles. The number of benzene rings is 1. The maximum Gasteiger partial charge on any atom is 0.350 e. The molecule has 1 amide bonds. The highest BCUT2D eigenvalue weighted by molar-refractivity contribution is 8.00. The van der Waals surface area contributed by atoms with E-state index in [1.54, 1.807) is 12.3 Å². The Hall–Kier alpha value is -5.17. The van der Waals surface area contributed by atoms with Gasteiger partial charge in [-0.05, 0) is 36.6 Å². The van der Waals surface area contributed by atoms with Crippen LogP contribution in [-0.2, 0) is 25.8 Å². The second-order valence-electron chi connectivity index (χ2n) is 10.7. The van der Waals surface area contributed by atoms with Crippen molar-refractivity contribution in [2.75, 3.05) is 11.5 Å². The quantitative estimate of drug-likeness (QED) is 0.0519. The van der Waals surface area contributed by atoms with Crippen LogP contribution in [0.2, 0.25) is 0 Å². The largest absolute Gasteiger partial charge is 0.504 e. The van der Waals surface area contributed by atoms with Crippen LogP contribution in [0.25, 0.3) is 16.5 Å². The van der Waals surface area contributed by atoms with Gasteiger partial charge in [0.1, 0.15) is 0 Å². The summed E-state index contributed by atoms with van der Waals surface area (Å²) < 4.78 is 5.89. The Labute approximate surface area is 261 Å². The monoisotopic (exact) mass is 653 g/mol. The zero-order valence-corrected chi connectivity index (χ0v) is 25.2. The molecule has 0 spiro atoms. The van der Waals surface area contributed by atoms with Gasteiger partial charge in [-0.1, -0.05) is 5.16 Å². The number of thioether (sulfide) groups is 1. The van der Waals surface area contributed by atoms with Gasteiger partial charge < -0.3 is 25.9 Å². The minimum Gasteiger partial charge on any atom is -0.504 e. The molecule has 4 aromatic rings. The van der Waals surface area contributed by atoms with Crippen molar-refractivity contribution in [3.63, 3.8) is 0 Å². The number of hydrogen-bond acceptors (Lipinski definition) is 15. The normalized spacial score (nSPS) is 18.6. The fourth-order valence-corrected chi connectivity index (χ4v) is 6.68. The number of oxime groups is 1. The summed E-state index contributed by atoms with van der Waals surface area (Å²) in [7, 11) is 0. The lowest BCUT2D eigenvalue weighted by Crippen LogP contribution is -2.61. The van der Waals surface area contributed by atoms with Crippen molar-refractivity contribution in [1.82, 2.24) is 34.9 Å². The molecule has 0 aliphatic carbocycles. The van der Waals surface area contributed by atoms with Gasteiger partial charge in [-0.15, -0.1) is 22.0 Å². The first-order valence-corrected chi connectivity index (χ1v) is 15.1. The van der Waals surface area contributed by atoms with Crippen LogP contribution in [0.5, 0.6) is 11.5 Å². The lowest BCUT2D eigenvalue weighted by atomic mass is 9.89. The zero-order chi connectivity index (χ0) is 32.0.